The molecule has 0 saturated carbocycles. The second kappa shape index (κ2) is 8.26. The van der Waals surface area contributed by atoms with Crippen molar-refractivity contribution in [2.45, 2.75) is 12.8 Å². The van der Waals surface area contributed by atoms with E-state index in [-0.39, 0.29) is 30.7 Å². The molecule has 0 radical (unpaired) electrons. The molecule has 0 atom stereocenters. The maximum atomic E-state index is 12.3. The van der Waals surface area contributed by atoms with Gasteiger partial charge in [0.15, 0.2) is 5.13 Å². The van der Waals surface area contributed by atoms with Crippen LogP contribution >= 0.6 is 27.3 Å². The first-order valence-electron chi connectivity index (χ1n) is 8.99. The van der Waals surface area contributed by atoms with E-state index in [0.717, 1.165) is 15.7 Å². The molecule has 0 fully saturated rings. The lowest BCUT2D eigenvalue weighted by atomic mass is 10.1. The van der Waals surface area contributed by atoms with Gasteiger partial charge in [-0.2, -0.15) is 0 Å². The van der Waals surface area contributed by atoms with Crippen LogP contribution in [0.25, 0.3) is 11.3 Å². The SMILES string of the molecule is O=C(CCCN1C(=O)c2ccccc2C1=O)Nc1nc(-c2cccc(Br)c2)cs1. The number of halogens is 1. The molecular formula is C21H16BrN3O3S. The van der Waals surface area contributed by atoms with Gasteiger partial charge in [0.1, 0.15) is 0 Å². The number of rotatable bonds is 6. The highest BCUT2D eigenvalue weighted by atomic mass is 79.9. The Morgan fingerprint density at radius 2 is 1.79 bits per heavy atom. The van der Waals surface area contributed by atoms with Gasteiger partial charge in [-0.15, -0.1) is 11.3 Å². The van der Waals surface area contributed by atoms with Gasteiger partial charge in [-0.3, -0.25) is 19.3 Å². The lowest BCUT2D eigenvalue weighted by Crippen LogP contribution is -2.31. The van der Waals surface area contributed by atoms with Gasteiger partial charge < -0.3 is 5.32 Å². The molecule has 1 aliphatic heterocycles. The van der Waals surface area contributed by atoms with Gasteiger partial charge >= 0.3 is 0 Å². The first kappa shape index (κ1) is 19.5. The zero-order chi connectivity index (χ0) is 20.4. The topological polar surface area (TPSA) is 79.4 Å². The standard InChI is InChI=1S/C21H16BrN3O3S/c22-14-6-3-5-13(11-14)17-12-29-21(23-17)24-18(26)9-4-10-25-19(27)15-7-1-2-8-16(15)20(25)28/h1-3,5-8,11-12H,4,9-10H2,(H,23,24,26). The Morgan fingerprint density at radius 3 is 2.48 bits per heavy atom. The average Bonchev–Trinajstić information content (AvgIpc) is 3.27. The maximum absolute atomic E-state index is 12.3. The minimum Gasteiger partial charge on any atom is -0.302 e. The first-order valence-corrected chi connectivity index (χ1v) is 10.7. The summed E-state index contributed by atoms with van der Waals surface area (Å²) in [4.78, 5) is 42.5. The van der Waals surface area contributed by atoms with Crippen molar-refractivity contribution in [2.24, 2.45) is 0 Å². The molecule has 0 saturated heterocycles. The number of nitrogens with zero attached hydrogens (tertiary/aromatic N) is 2. The van der Waals surface area contributed by atoms with Crippen LogP contribution in [0.4, 0.5) is 5.13 Å². The summed E-state index contributed by atoms with van der Waals surface area (Å²) in [6, 6.07) is 14.5. The fraction of sp³-hybridized carbons (Fsp3) is 0.143. The third-order valence-electron chi connectivity index (χ3n) is 4.53. The van der Waals surface area contributed by atoms with E-state index in [9.17, 15) is 14.4 Å². The summed E-state index contributed by atoms with van der Waals surface area (Å²) in [5, 5.41) is 5.18. The molecule has 29 heavy (non-hydrogen) atoms. The van der Waals surface area contributed by atoms with Crippen LogP contribution < -0.4 is 5.32 Å². The molecule has 0 bridgehead atoms. The van der Waals surface area contributed by atoms with E-state index >= 15 is 0 Å². The summed E-state index contributed by atoms with van der Waals surface area (Å²) in [5.74, 6) is -0.800. The zero-order valence-corrected chi connectivity index (χ0v) is 17.6. The van der Waals surface area contributed by atoms with E-state index < -0.39 is 0 Å². The van der Waals surface area contributed by atoms with E-state index in [1.54, 1.807) is 24.3 Å². The molecule has 2 aromatic carbocycles. The lowest BCUT2D eigenvalue weighted by molar-refractivity contribution is -0.116. The van der Waals surface area contributed by atoms with Crippen LogP contribution in [0.2, 0.25) is 0 Å². The van der Waals surface area contributed by atoms with Crippen molar-refractivity contribution in [1.82, 2.24) is 9.88 Å². The Hall–Kier alpha value is -2.84. The Bertz CT molecular complexity index is 1080. The third-order valence-corrected chi connectivity index (χ3v) is 5.79. The summed E-state index contributed by atoms with van der Waals surface area (Å²) in [5.41, 5.74) is 2.59. The number of hydrogen-bond acceptors (Lipinski definition) is 5. The number of nitrogens with one attached hydrogen (secondary N) is 1. The molecule has 0 spiro atoms. The van der Waals surface area contributed by atoms with E-state index in [1.807, 2.05) is 29.6 Å². The molecule has 3 aromatic rings. The normalized spacial score (nSPS) is 12.9. The van der Waals surface area contributed by atoms with Gasteiger partial charge in [-0.1, -0.05) is 40.2 Å². The number of fused-ring (bicyclic) bond motifs is 1. The summed E-state index contributed by atoms with van der Waals surface area (Å²) >= 11 is 4.79. The summed E-state index contributed by atoms with van der Waals surface area (Å²) in [7, 11) is 0. The molecule has 6 nitrogen and oxygen atoms in total. The molecule has 8 heteroatoms. The highest BCUT2D eigenvalue weighted by Gasteiger charge is 2.34. The van der Waals surface area contributed by atoms with Crippen molar-refractivity contribution in [3.8, 4) is 11.3 Å². The highest BCUT2D eigenvalue weighted by molar-refractivity contribution is 9.10. The van der Waals surface area contributed by atoms with Crippen molar-refractivity contribution in [3.63, 3.8) is 0 Å². The van der Waals surface area contributed by atoms with Crippen molar-refractivity contribution in [2.75, 3.05) is 11.9 Å². The van der Waals surface area contributed by atoms with Crippen molar-refractivity contribution in [1.29, 1.82) is 0 Å². The van der Waals surface area contributed by atoms with Crippen LogP contribution in [-0.2, 0) is 4.79 Å². The molecule has 0 aliphatic carbocycles. The number of carbonyl (C=O) groups is 3. The van der Waals surface area contributed by atoms with Gasteiger partial charge in [0.2, 0.25) is 5.91 Å². The molecule has 1 N–H and O–H groups in total. The van der Waals surface area contributed by atoms with Crippen LogP contribution in [0.5, 0.6) is 0 Å². The van der Waals surface area contributed by atoms with E-state index in [4.69, 9.17) is 0 Å². The number of imide groups is 1. The molecule has 1 aliphatic rings. The lowest BCUT2D eigenvalue weighted by Gasteiger charge is -2.13. The minimum atomic E-state index is -0.301. The number of aromatic nitrogens is 1. The second-order valence-corrected chi connectivity index (χ2v) is 8.28. The van der Waals surface area contributed by atoms with Crippen LogP contribution in [0.1, 0.15) is 33.6 Å². The number of hydrogen-bond donors (Lipinski definition) is 1. The average molecular weight is 470 g/mol. The fourth-order valence-corrected chi connectivity index (χ4v) is 4.27. The van der Waals surface area contributed by atoms with Gasteiger partial charge in [0.25, 0.3) is 11.8 Å². The number of thiazole rings is 1. The van der Waals surface area contributed by atoms with Crippen molar-refractivity contribution < 1.29 is 14.4 Å². The summed E-state index contributed by atoms with van der Waals surface area (Å²) in [6.07, 6.45) is 0.584. The zero-order valence-electron chi connectivity index (χ0n) is 15.2. The number of amides is 3. The van der Waals surface area contributed by atoms with Crippen LogP contribution in [0, 0.1) is 0 Å². The van der Waals surface area contributed by atoms with Gasteiger partial charge in [0.05, 0.1) is 16.8 Å². The molecule has 2 heterocycles. The third kappa shape index (κ3) is 4.13. The van der Waals surface area contributed by atoms with E-state index in [1.165, 1.54) is 16.2 Å². The number of benzene rings is 2. The van der Waals surface area contributed by atoms with E-state index in [0.29, 0.717) is 22.7 Å². The predicted octanol–water partition coefficient (Wildman–Crippen LogP) is 4.59. The smallest absolute Gasteiger partial charge is 0.261 e. The van der Waals surface area contributed by atoms with Crippen LogP contribution in [0.15, 0.2) is 58.4 Å². The molecule has 3 amide bonds. The number of carbonyl (C=O) groups excluding carboxylic acids is 3. The first-order chi connectivity index (χ1) is 14.0. The van der Waals surface area contributed by atoms with Gasteiger partial charge in [-0.25, -0.2) is 4.98 Å². The monoisotopic (exact) mass is 469 g/mol. The van der Waals surface area contributed by atoms with Gasteiger partial charge in [0, 0.05) is 28.4 Å². The molecular weight excluding hydrogens is 454 g/mol. The molecule has 0 unspecified atom stereocenters. The Morgan fingerprint density at radius 1 is 1.07 bits per heavy atom. The number of anilines is 1. The van der Waals surface area contributed by atoms with Crippen molar-refractivity contribution in [3.05, 3.63) is 69.5 Å². The largest absolute Gasteiger partial charge is 0.302 e. The van der Waals surface area contributed by atoms with E-state index in [2.05, 4.69) is 26.2 Å². The summed E-state index contributed by atoms with van der Waals surface area (Å²) < 4.78 is 0.960. The quantitative estimate of drug-likeness (QED) is 0.535. The second-order valence-electron chi connectivity index (χ2n) is 6.51. The molecule has 146 valence electrons. The van der Waals surface area contributed by atoms with Crippen LogP contribution in [0.3, 0.4) is 0 Å². The highest BCUT2D eigenvalue weighted by Crippen LogP contribution is 2.27. The molecule has 1 aromatic heterocycles. The van der Waals surface area contributed by atoms with Gasteiger partial charge in [-0.05, 0) is 30.7 Å². The fourth-order valence-electron chi connectivity index (χ4n) is 3.13. The molecule has 4 rings (SSSR count). The summed E-state index contributed by atoms with van der Waals surface area (Å²) in [6.45, 7) is 0.209. The van der Waals surface area contributed by atoms with Crippen molar-refractivity contribution >= 4 is 50.1 Å². The Labute approximate surface area is 179 Å². The minimum absolute atomic E-state index is 0.194. The predicted molar refractivity (Wildman–Crippen MR) is 115 cm³/mol. The Kier molecular flexibility index (Phi) is 5.55. The Balaban J connectivity index is 1.30. The maximum Gasteiger partial charge on any atom is 0.261 e. The van der Waals surface area contributed by atoms with Crippen LogP contribution in [-0.4, -0.2) is 34.2 Å².